The molecule has 2 N–H and O–H groups in total. The second kappa shape index (κ2) is 6.31. The van der Waals surface area contributed by atoms with Crippen LogP contribution in [0.25, 0.3) is 21.1 Å². The molecule has 0 saturated heterocycles. The van der Waals surface area contributed by atoms with Gasteiger partial charge in [-0.1, -0.05) is 18.2 Å². The summed E-state index contributed by atoms with van der Waals surface area (Å²) in [7, 11) is 1.95. The lowest BCUT2D eigenvalue weighted by Crippen LogP contribution is -2.28. The van der Waals surface area contributed by atoms with E-state index in [9.17, 15) is 9.90 Å². The van der Waals surface area contributed by atoms with Crippen LogP contribution in [0.3, 0.4) is 0 Å². The maximum absolute atomic E-state index is 12.4. The van der Waals surface area contributed by atoms with Crippen molar-refractivity contribution in [1.82, 2.24) is 14.9 Å². The predicted molar refractivity (Wildman–Crippen MR) is 99.8 cm³/mol. The first-order chi connectivity index (χ1) is 12.1. The molecule has 1 amide bonds. The number of carbonyl (C=O) groups excluding carboxylic acids is 1. The summed E-state index contributed by atoms with van der Waals surface area (Å²) in [4.78, 5) is 16.6. The molecule has 0 fully saturated rings. The maximum Gasteiger partial charge on any atom is 0.251 e. The Hall–Kier alpha value is -2.70. The average molecular weight is 351 g/mol. The Kier molecular flexibility index (Phi) is 3.99. The number of aliphatic hydroxyl groups excluding tert-OH is 1. The van der Waals surface area contributed by atoms with Crippen LogP contribution in [0.4, 0.5) is 0 Å². The molecule has 2 aromatic carbocycles. The van der Waals surface area contributed by atoms with Crippen molar-refractivity contribution in [2.75, 3.05) is 6.54 Å². The van der Waals surface area contributed by atoms with Gasteiger partial charge in [-0.2, -0.15) is 0 Å². The van der Waals surface area contributed by atoms with E-state index in [-0.39, 0.29) is 12.5 Å². The quantitative estimate of drug-likeness (QED) is 0.593. The number of aromatic nitrogens is 2. The number of aliphatic hydroxyl groups is 1. The molecule has 0 saturated carbocycles. The fourth-order valence-corrected chi connectivity index (χ4v) is 3.75. The van der Waals surface area contributed by atoms with Gasteiger partial charge in [0.15, 0.2) is 0 Å². The molecule has 126 valence electrons. The molecule has 0 radical (unpaired) electrons. The molecule has 1 atom stereocenters. The summed E-state index contributed by atoms with van der Waals surface area (Å²) in [5.74, 6) is -0.199. The molecule has 4 aromatic rings. The molecule has 1 unspecified atom stereocenters. The average Bonchev–Trinajstić information content (AvgIpc) is 3.23. The van der Waals surface area contributed by atoms with Crippen molar-refractivity contribution in [2.45, 2.75) is 6.10 Å². The van der Waals surface area contributed by atoms with Crippen molar-refractivity contribution in [3.05, 3.63) is 65.3 Å². The lowest BCUT2D eigenvalue weighted by atomic mass is 10.1. The van der Waals surface area contributed by atoms with E-state index in [4.69, 9.17) is 0 Å². The number of hydrogen-bond acceptors (Lipinski definition) is 4. The van der Waals surface area contributed by atoms with Gasteiger partial charge in [0, 0.05) is 41.8 Å². The normalized spacial score (nSPS) is 12.6. The Morgan fingerprint density at radius 1 is 1.32 bits per heavy atom. The predicted octanol–water partition coefficient (Wildman–Crippen LogP) is 3.25. The summed E-state index contributed by atoms with van der Waals surface area (Å²) in [5.41, 5.74) is 5.09. The fourth-order valence-electron chi connectivity index (χ4n) is 3.04. The van der Waals surface area contributed by atoms with Crippen LogP contribution in [-0.4, -0.2) is 27.1 Å². The minimum absolute atomic E-state index is 0.160. The third kappa shape index (κ3) is 2.90. The molecule has 25 heavy (non-hydrogen) atoms. The number of rotatable bonds is 4. The van der Waals surface area contributed by atoms with E-state index >= 15 is 0 Å². The van der Waals surface area contributed by atoms with E-state index in [0.29, 0.717) is 5.56 Å². The minimum atomic E-state index is -0.762. The highest BCUT2D eigenvalue weighted by atomic mass is 32.1. The molecule has 0 spiro atoms. The first-order valence-electron chi connectivity index (χ1n) is 7.97. The number of carbonyl (C=O) groups is 1. The van der Waals surface area contributed by atoms with Gasteiger partial charge in [-0.25, -0.2) is 4.98 Å². The molecule has 2 heterocycles. The van der Waals surface area contributed by atoms with Crippen molar-refractivity contribution in [1.29, 1.82) is 0 Å². The highest BCUT2D eigenvalue weighted by Gasteiger charge is 2.16. The minimum Gasteiger partial charge on any atom is -0.386 e. The van der Waals surface area contributed by atoms with Crippen LogP contribution in [0.1, 0.15) is 22.0 Å². The Labute approximate surface area is 148 Å². The second-order valence-electron chi connectivity index (χ2n) is 5.97. The largest absolute Gasteiger partial charge is 0.386 e. The standard InChI is InChI=1S/C19H17N3O2S/c1-22-10-14(13-4-2-3-5-16(13)22)17(23)9-20-19(24)12-6-7-15-18(8-12)25-11-21-15/h2-8,10-11,17,23H,9H2,1H3,(H,20,24). The lowest BCUT2D eigenvalue weighted by molar-refractivity contribution is 0.0917. The van der Waals surface area contributed by atoms with Gasteiger partial charge in [0.25, 0.3) is 5.91 Å². The molecular weight excluding hydrogens is 334 g/mol. The van der Waals surface area contributed by atoms with E-state index in [1.54, 1.807) is 11.6 Å². The molecule has 0 bridgehead atoms. The van der Waals surface area contributed by atoms with Gasteiger partial charge in [-0.05, 0) is 24.3 Å². The summed E-state index contributed by atoms with van der Waals surface area (Å²) < 4.78 is 2.95. The van der Waals surface area contributed by atoms with Crippen LogP contribution in [0.5, 0.6) is 0 Å². The van der Waals surface area contributed by atoms with Crippen molar-refractivity contribution < 1.29 is 9.90 Å². The smallest absolute Gasteiger partial charge is 0.251 e. The molecule has 6 heteroatoms. The van der Waals surface area contributed by atoms with E-state index in [1.165, 1.54) is 11.3 Å². The van der Waals surface area contributed by atoms with Gasteiger partial charge < -0.3 is 15.0 Å². The second-order valence-corrected chi connectivity index (χ2v) is 6.86. The van der Waals surface area contributed by atoms with Crippen LogP contribution in [-0.2, 0) is 7.05 Å². The topological polar surface area (TPSA) is 67.2 Å². The molecule has 4 rings (SSSR count). The fraction of sp³-hybridized carbons (Fsp3) is 0.158. The summed E-state index contributed by atoms with van der Waals surface area (Å²) >= 11 is 1.50. The third-order valence-electron chi connectivity index (χ3n) is 4.34. The Morgan fingerprint density at radius 3 is 3.04 bits per heavy atom. The first-order valence-corrected chi connectivity index (χ1v) is 8.85. The first kappa shape index (κ1) is 15.8. The number of fused-ring (bicyclic) bond motifs is 2. The Balaban J connectivity index is 1.50. The molecule has 0 aliphatic heterocycles. The van der Waals surface area contributed by atoms with Gasteiger partial charge in [0.05, 0.1) is 21.8 Å². The lowest BCUT2D eigenvalue weighted by Gasteiger charge is -2.11. The SMILES string of the molecule is Cn1cc(C(O)CNC(=O)c2ccc3ncsc3c2)c2ccccc21. The monoisotopic (exact) mass is 351 g/mol. The zero-order chi connectivity index (χ0) is 17.4. The number of nitrogens with one attached hydrogen (secondary N) is 1. The van der Waals surface area contributed by atoms with Crippen LogP contribution in [0.2, 0.25) is 0 Å². The number of para-hydroxylation sites is 1. The maximum atomic E-state index is 12.4. The van der Waals surface area contributed by atoms with Gasteiger partial charge >= 0.3 is 0 Å². The zero-order valence-corrected chi connectivity index (χ0v) is 14.5. The van der Waals surface area contributed by atoms with Crippen LogP contribution < -0.4 is 5.32 Å². The van der Waals surface area contributed by atoms with Crippen molar-refractivity contribution >= 4 is 38.4 Å². The van der Waals surface area contributed by atoms with Gasteiger partial charge in [-0.3, -0.25) is 4.79 Å². The number of aryl methyl sites for hydroxylation is 1. The summed E-state index contributed by atoms with van der Waals surface area (Å²) in [5, 5.41) is 14.3. The Bertz CT molecular complexity index is 1070. The van der Waals surface area contributed by atoms with Crippen molar-refractivity contribution in [3.63, 3.8) is 0 Å². The van der Waals surface area contributed by atoms with Gasteiger partial charge in [-0.15, -0.1) is 11.3 Å². The van der Waals surface area contributed by atoms with E-state index < -0.39 is 6.10 Å². The molecule has 0 aliphatic rings. The Morgan fingerprint density at radius 2 is 2.16 bits per heavy atom. The zero-order valence-electron chi connectivity index (χ0n) is 13.6. The molecule has 0 aliphatic carbocycles. The summed E-state index contributed by atoms with van der Waals surface area (Å²) in [6.45, 7) is 0.160. The number of amides is 1. The van der Waals surface area contributed by atoms with E-state index in [2.05, 4.69) is 10.3 Å². The molecular formula is C19H17N3O2S. The number of nitrogens with zero attached hydrogens (tertiary/aromatic N) is 2. The highest BCUT2D eigenvalue weighted by Crippen LogP contribution is 2.25. The van der Waals surface area contributed by atoms with Crippen molar-refractivity contribution in [3.8, 4) is 0 Å². The third-order valence-corrected chi connectivity index (χ3v) is 5.13. The van der Waals surface area contributed by atoms with Crippen LogP contribution in [0.15, 0.2) is 54.2 Å². The van der Waals surface area contributed by atoms with Crippen LogP contribution >= 0.6 is 11.3 Å². The van der Waals surface area contributed by atoms with E-state index in [0.717, 1.165) is 26.7 Å². The van der Waals surface area contributed by atoms with Crippen molar-refractivity contribution in [2.24, 2.45) is 7.05 Å². The number of hydrogen-bond donors (Lipinski definition) is 2. The summed E-state index contributed by atoms with van der Waals surface area (Å²) in [6, 6.07) is 13.3. The van der Waals surface area contributed by atoms with Gasteiger partial charge in [0.2, 0.25) is 0 Å². The number of thiazole rings is 1. The number of benzene rings is 2. The van der Waals surface area contributed by atoms with Crippen LogP contribution in [0, 0.1) is 0 Å². The molecule has 2 aromatic heterocycles. The van der Waals surface area contributed by atoms with Gasteiger partial charge in [0.1, 0.15) is 0 Å². The summed E-state index contributed by atoms with van der Waals surface area (Å²) in [6.07, 6.45) is 1.15. The highest BCUT2D eigenvalue weighted by molar-refractivity contribution is 7.16. The van der Waals surface area contributed by atoms with E-state index in [1.807, 2.05) is 54.2 Å². The molecule has 5 nitrogen and oxygen atoms in total.